The van der Waals surface area contributed by atoms with Gasteiger partial charge in [0.15, 0.2) is 0 Å². The molecule has 1 atom stereocenters. The highest BCUT2D eigenvalue weighted by molar-refractivity contribution is 5.83. The molecule has 0 aromatic carbocycles. The average molecular weight is 204 g/mol. The van der Waals surface area contributed by atoms with Crippen LogP contribution >= 0.6 is 0 Å². The Kier molecular flexibility index (Phi) is 6.69. The number of aliphatic carboxylic acids is 1. The van der Waals surface area contributed by atoms with Crippen molar-refractivity contribution in [3.8, 4) is 0 Å². The zero-order valence-electron chi connectivity index (χ0n) is 8.16. The molecule has 14 heavy (non-hydrogen) atoms. The van der Waals surface area contributed by atoms with E-state index >= 15 is 0 Å². The molecule has 0 fully saturated rings. The minimum Gasteiger partial charge on any atom is -0.480 e. The van der Waals surface area contributed by atoms with E-state index in [0.717, 1.165) is 0 Å². The zero-order valence-corrected chi connectivity index (χ0v) is 8.16. The molecular formula is C8H16N2O4. The molecule has 4 N–H and O–H groups in total. The number of hydrogen-bond donors (Lipinski definition) is 3. The Labute approximate surface area is 82.4 Å². The molecule has 82 valence electrons. The van der Waals surface area contributed by atoms with E-state index in [0.29, 0.717) is 6.61 Å². The van der Waals surface area contributed by atoms with E-state index in [-0.39, 0.29) is 25.3 Å². The van der Waals surface area contributed by atoms with E-state index in [2.05, 4.69) is 5.32 Å². The lowest BCUT2D eigenvalue weighted by Gasteiger charge is -2.13. The summed E-state index contributed by atoms with van der Waals surface area (Å²) in [5.41, 5.74) is 5.15. The normalized spacial score (nSPS) is 12.1. The number of carbonyl (C=O) groups excluding carboxylic acids is 1. The highest BCUT2D eigenvalue weighted by Crippen LogP contribution is 1.93. The lowest BCUT2D eigenvalue weighted by Crippen LogP contribution is -2.42. The SMILES string of the molecule is COCCC(NC(=O)CCN)C(=O)O. The fraction of sp³-hybridized carbons (Fsp3) is 0.750. The highest BCUT2D eigenvalue weighted by Gasteiger charge is 2.18. The zero-order chi connectivity index (χ0) is 11.0. The van der Waals surface area contributed by atoms with Gasteiger partial charge in [0, 0.05) is 33.1 Å². The first kappa shape index (κ1) is 12.9. The van der Waals surface area contributed by atoms with E-state index < -0.39 is 12.0 Å². The second-order valence-corrected chi connectivity index (χ2v) is 2.78. The number of carboxylic acid groups (broad SMARTS) is 1. The number of rotatable bonds is 7. The number of nitrogens with one attached hydrogen (secondary N) is 1. The maximum absolute atomic E-state index is 11.0. The van der Waals surface area contributed by atoms with Crippen LogP contribution in [-0.4, -0.2) is 43.3 Å². The van der Waals surface area contributed by atoms with Gasteiger partial charge in [0.2, 0.25) is 5.91 Å². The van der Waals surface area contributed by atoms with Crippen molar-refractivity contribution in [1.82, 2.24) is 5.32 Å². The van der Waals surface area contributed by atoms with Crippen molar-refractivity contribution in [2.45, 2.75) is 18.9 Å². The van der Waals surface area contributed by atoms with Gasteiger partial charge in [-0.1, -0.05) is 0 Å². The molecule has 6 nitrogen and oxygen atoms in total. The Morgan fingerprint density at radius 3 is 2.64 bits per heavy atom. The maximum atomic E-state index is 11.0. The summed E-state index contributed by atoms with van der Waals surface area (Å²) in [6.07, 6.45) is 0.388. The molecule has 0 saturated heterocycles. The van der Waals surface area contributed by atoms with Crippen LogP contribution in [0, 0.1) is 0 Å². The molecule has 6 heteroatoms. The van der Waals surface area contributed by atoms with Crippen molar-refractivity contribution >= 4 is 11.9 Å². The van der Waals surface area contributed by atoms with E-state index in [9.17, 15) is 9.59 Å². The number of nitrogens with two attached hydrogens (primary N) is 1. The molecule has 0 aliphatic carbocycles. The summed E-state index contributed by atoms with van der Waals surface area (Å²) < 4.78 is 4.72. The maximum Gasteiger partial charge on any atom is 0.326 e. The van der Waals surface area contributed by atoms with Crippen LogP contribution in [0.4, 0.5) is 0 Å². The number of hydrogen-bond acceptors (Lipinski definition) is 4. The van der Waals surface area contributed by atoms with Crippen LogP contribution in [0.15, 0.2) is 0 Å². The number of ether oxygens (including phenoxy) is 1. The predicted molar refractivity (Wildman–Crippen MR) is 49.7 cm³/mol. The summed E-state index contributed by atoms with van der Waals surface area (Å²) >= 11 is 0. The van der Waals surface area contributed by atoms with E-state index in [4.69, 9.17) is 15.6 Å². The molecule has 1 unspecified atom stereocenters. The largest absolute Gasteiger partial charge is 0.480 e. The van der Waals surface area contributed by atoms with Gasteiger partial charge in [-0.2, -0.15) is 0 Å². The first-order valence-corrected chi connectivity index (χ1v) is 4.33. The molecular weight excluding hydrogens is 188 g/mol. The standard InChI is InChI=1S/C8H16N2O4/c1-14-5-3-6(8(12)13)10-7(11)2-4-9/h6H,2-5,9H2,1H3,(H,10,11)(H,12,13). The van der Waals surface area contributed by atoms with Gasteiger partial charge in [-0.3, -0.25) is 4.79 Å². The Morgan fingerprint density at radius 1 is 1.57 bits per heavy atom. The van der Waals surface area contributed by atoms with Gasteiger partial charge < -0.3 is 20.9 Å². The summed E-state index contributed by atoms with van der Waals surface area (Å²) in [7, 11) is 1.47. The lowest BCUT2D eigenvalue weighted by molar-refractivity contribution is -0.142. The summed E-state index contributed by atoms with van der Waals surface area (Å²) in [5.74, 6) is -1.41. The average Bonchev–Trinajstić information content (AvgIpc) is 2.12. The van der Waals surface area contributed by atoms with Gasteiger partial charge in [-0.15, -0.1) is 0 Å². The highest BCUT2D eigenvalue weighted by atomic mass is 16.5. The fourth-order valence-electron chi connectivity index (χ4n) is 0.891. The minimum absolute atomic E-state index is 0.136. The van der Waals surface area contributed by atoms with E-state index in [1.165, 1.54) is 7.11 Å². The Balaban J connectivity index is 3.95. The Morgan fingerprint density at radius 2 is 2.21 bits per heavy atom. The molecule has 0 aromatic rings. The monoisotopic (exact) mass is 204 g/mol. The topological polar surface area (TPSA) is 102 Å². The van der Waals surface area contributed by atoms with Crippen molar-refractivity contribution in [3.63, 3.8) is 0 Å². The predicted octanol–water partition coefficient (Wildman–Crippen LogP) is -1.06. The first-order valence-electron chi connectivity index (χ1n) is 4.33. The Hall–Kier alpha value is -1.14. The first-order chi connectivity index (χ1) is 6.61. The van der Waals surface area contributed by atoms with Crippen molar-refractivity contribution in [2.75, 3.05) is 20.3 Å². The van der Waals surface area contributed by atoms with Gasteiger partial charge in [0.25, 0.3) is 0 Å². The van der Waals surface area contributed by atoms with Gasteiger partial charge in [-0.05, 0) is 0 Å². The van der Waals surface area contributed by atoms with Crippen LogP contribution in [0.3, 0.4) is 0 Å². The minimum atomic E-state index is -1.06. The molecule has 0 heterocycles. The third-order valence-electron chi connectivity index (χ3n) is 1.62. The van der Waals surface area contributed by atoms with Crippen LogP contribution in [0.1, 0.15) is 12.8 Å². The molecule has 0 radical (unpaired) electrons. The number of methoxy groups -OCH3 is 1. The van der Waals surface area contributed by atoms with Gasteiger partial charge in [-0.25, -0.2) is 4.79 Å². The molecule has 0 aromatic heterocycles. The molecule has 0 aliphatic heterocycles. The van der Waals surface area contributed by atoms with Crippen molar-refractivity contribution < 1.29 is 19.4 Å². The number of carbonyl (C=O) groups is 2. The lowest BCUT2D eigenvalue weighted by atomic mass is 10.2. The molecule has 0 aliphatic rings. The van der Waals surface area contributed by atoms with E-state index in [1.54, 1.807) is 0 Å². The molecule has 0 bridgehead atoms. The van der Waals surface area contributed by atoms with Gasteiger partial charge in [0.1, 0.15) is 6.04 Å². The smallest absolute Gasteiger partial charge is 0.326 e. The van der Waals surface area contributed by atoms with Crippen molar-refractivity contribution in [3.05, 3.63) is 0 Å². The fourth-order valence-corrected chi connectivity index (χ4v) is 0.891. The second kappa shape index (κ2) is 7.28. The molecule has 0 spiro atoms. The summed E-state index contributed by atoms with van der Waals surface area (Å²) in [6.45, 7) is 0.502. The summed E-state index contributed by atoms with van der Waals surface area (Å²) in [6, 6.07) is -0.894. The van der Waals surface area contributed by atoms with Crippen LogP contribution in [-0.2, 0) is 14.3 Å². The summed E-state index contributed by atoms with van der Waals surface area (Å²) in [4.78, 5) is 21.7. The van der Waals surface area contributed by atoms with Crippen molar-refractivity contribution in [1.29, 1.82) is 0 Å². The molecule has 1 amide bonds. The number of carboxylic acids is 1. The van der Waals surface area contributed by atoms with Crippen molar-refractivity contribution in [2.24, 2.45) is 5.73 Å². The van der Waals surface area contributed by atoms with E-state index in [1.807, 2.05) is 0 Å². The van der Waals surface area contributed by atoms with Gasteiger partial charge in [0.05, 0.1) is 0 Å². The quantitative estimate of drug-likeness (QED) is 0.490. The third-order valence-corrected chi connectivity index (χ3v) is 1.62. The van der Waals surface area contributed by atoms with Crippen LogP contribution in [0.2, 0.25) is 0 Å². The van der Waals surface area contributed by atoms with Crippen LogP contribution in [0.25, 0.3) is 0 Å². The Bertz CT molecular complexity index is 196. The number of amides is 1. The summed E-state index contributed by atoms with van der Waals surface area (Å²) in [5, 5.41) is 11.1. The third kappa shape index (κ3) is 5.50. The molecule has 0 saturated carbocycles. The van der Waals surface area contributed by atoms with Gasteiger partial charge >= 0.3 is 5.97 Å². The molecule has 0 rings (SSSR count). The van der Waals surface area contributed by atoms with Crippen LogP contribution in [0.5, 0.6) is 0 Å². The van der Waals surface area contributed by atoms with Crippen LogP contribution < -0.4 is 11.1 Å². The second-order valence-electron chi connectivity index (χ2n) is 2.78.